The predicted molar refractivity (Wildman–Crippen MR) is 82.8 cm³/mol. The molecule has 0 nitrogen and oxygen atoms in total. The second-order valence-corrected chi connectivity index (χ2v) is 8.67. The van der Waals surface area contributed by atoms with Crippen LogP contribution in [0.3, 0.4) is 0 Å². The van der Waals surface area contributed by atoms with E-state index in [9.17, 15) is 0 Å². The number of unbranched alkanes of at least 4 members (excludes halogenated alkanes) is 1. The minimum absolute atomic E-state index is 0.432. The van der Waals surface area contributed by atoms with Gasteiger partial charge in [-0.3, -0.25) is 0 Å². The minimum Gasteiger partial charge on any atom is -0.0654 e. The van der Waals surface area contributed by atoms with E-state index < -0.39 is 0 Å². The monoisotopic (exact) mass is 252 g/mol. The Labute approximate surface area is 116 Å². The van der Waals surface area contributed by atoms with E-state index in [4.69, 9.17) is 0 Å². The van der Waals surface area contributed by atoms with Crippen molar-refractivity contribution in [2.24, 2.45) is 22.2 Å². The summed E-state index contributed by atoms with van der Waals surface area (Å²) in [6, 6.07) is 0. The van der Waals surface area contributed by atoms with Crippen LogP contribution in [0.5, 0.6) is 0 Å². The van der Waals surface area contributed by atoms with Crippen LogP contribution in [0.4, 0.5) is 0 Å². The zero-order valence-corrected chi connectivity index (χ0v) is 14.0. The molecule has 0 bridgehead atoms. The average molecular weight is 252 g/mol. The van der Waals surface area contributed by atoms with Gasteiger partial charge < -0.3 is 0 Å². The zero-order chi connectivity index (χ0) is 14.0. The Morgan fingerprint density at radius 3 is 1.67 bits per heavy atom. The Balaban J connectivity index is 2.75. The summed E-state index contributed by atoms with van der Waals surface area (Å²) < 4.78 is 0. The Kier molecular flexibility index (Phi) is 4.95. The minimum atomic E-state index is 0.432. The Morgan fingerprint density at radius 1 is 0.889 bits per heavy atom. The van der Waals surface area contributed by atoms with E-state index in [0.29, 0.717) is 16.2 Å². The van der Waals surface area contributed by atoms with E-state index in [-0.39, 0.29) is 0 Å². The fraction of sp³-hybridized carbons (Fsp3) is 1.00. The normalized spacial score (nSPS) is 22.2. The van der Waals surface area contributed by atoms with Crippen LogP contribution in [0.2, 0.25) is 0 Å². The van der Waals surface area contributed by atoms with E-state index in [1.165, 1.54) is 44.9 Å². The fourth-order valence-corrected chi connectivity index (χ4v) is 4.58. The van der Waals surface area contributed by atoms with Crippen molar-refractivity contribution in [2.45, 2.75) is 93.4 Å². The van der Waals surface area contributed by atoms with E-state index in [1.807, 2.05) is 0 Å². The first-order chi connectivity index (χ1) is 8.14. The number of rotatable bonds is 3. The first kappa shape index (κ1) is 16.1. The highest BCUT2D eigenvalue weighted by Gasteiger charge is 2.51. The van der Waals surface area contributed by atoms with Gasteiger partial charge in [-0.25, -0.2) is 0 Å². The lowest BCUT2D eigenvalue weighted by Gasteiger charge is -2.57. The molecule has 0 N–H and O–H groups in total. The van der Waals surface area contributed by atoms with Gasteiger partial charge in [-0.2, -0.15) is 0 Å². The van der Waals surface area contributed by atoms with Gasteiger partial charge in [0.1, 0.15) is 0 Å². The summed E-state index contributed by atoms with van der Waals surface area (Å²) in [6.07, 6.45) is 10.1. The molecule has 0 aromatic heterocycles. The molecular weight excluding hydrogens is 216 g/mol. The second kappa shape index (κ2) is 5.55. The summed E-state index contributed by atoms with van der Waals surface area (Å²) in [5, 5.41) is 0. The van der Waals surface area contributed by atoms with Crippen molar-refractivity contribution in [1.82, 2.24) is 0 Å². The molecule has 0 aliphatic heterocycles. The van der Waals surface area contributed by atoms with Crippen molar-refractivity contribution >= 4 is 0 Å². The lowest BCUT2D eigenvalue weighted by Crippen LogP contribution is -2.48. The molecule has 0 heteroatoms. The number of hydrogen-bond donors (Lipinski definition) is 0. The lowest BCUT2D eigenvalue weighted by molar-refractivity contribution is -0.0748. The van der Waals surface area contributed by atoms with Gasteiger partial charge in [0.2, 0.25) is 0 Å². The molecule has 0 amide bonds. The van der Waals surface area contributed by atoms with Crippen LogP contribution in [0.1, 0.15) is 93.4 Å². The molecule has 1 fully saturated rings. The predicted octanol–water partition coefficient (Wildman–Crippen LogP) is 6.45. The zero-order valence-electron chi connectivity index (χ0n) is 14.0. The van der Waals surface area contributed by atoms with Crippen LogP contribution in [0.15, 0.2) is 0 Å². The first-order valence-corrected chi connectivity index (χ1v) is 8.14. The highest BCUT2D eigenvalue weighted by atomic mass is 14.6. The maximum Gasteiger partial charge on any atom is -0.0200 e. The Hall–Kier alpha value is 0. The van der Waals surface area contributed by atoms with E-state index in [2.05, 4.69) is 48.5 Å². The van der Waals surface area contributed by atoms with Crippen molar-refractivity contribution < 1.29 is 0 Å². The standard InChI is InChI=1S/C18H36/c1-8-9-10-15-11-13-18(14-12-15,16(2,3)4)17(5,6)7/h15H,8-14H2,1-7H3. The summed E-state index contributed by atoms with van der Waals surface area (Å²) in [7, 11) is 0. The van der Waals surface area contributed by atoms with Gasteiger partial charge in [0.25, 0.3) is 0 Å². The smallest absolute Gasteiger partial charge is 0.0200 e. The molecule has 0 saturated heterocycles. The highest BCUT2D eigenvalue weighted by molar-refractivity contribution is 5.00. The molecular formula is C18H36. The first-order valence-electron chi connectivity index (χ1n) is 8.14. The van der Waals surface area contributed by atoms with Crippen molar-refractivity contribution in [1.29, 1.82) is 0 Å². The maximum absolute atomic E-state index is 2.46. The van der Waals surface area contributed by atoms with Crippen LogP contribution in [0, 0.1) is 22.2 Å². The van der Waals surface area contributed by atoms with Crippen LogP contribution in [-0.4, -0.2) is 0 Å². The van der Waals surface area contributed by atoms with Crippen LogP contribution in [-0.2, 0) is 0 Å². The van der Waals surface area contributed by atoms with Gasteiger partial charge in [0.15, 0.2) is 0 Å². The summed E-state index contributed by atoms with van der Waals surface area (Å²) in [6.45, 7) is 17.1. The molecule has 1 aliphatic rings. The van der Waals surface area contributed by atoms with Crippen LogP contribution in [0.25, 0.3) is 0 Å². The molecule has 1 rings (SSSR count). The SMILES string of the molecule is CCCCC1CCC(C(C)(C)C)(C(C)(C)C)CC1. The lowest BCUT2D eigenvalue weighted by atomic mass is 9.48. The number of hydrogen-bond acceptors (Lipinski definition) is 0. The molecule has 0 spiro atoms. The van der Waals surface area contributed by atoms with Crippen molar-refractivity contribution in [3.05, 3.63) is 0 Å². The summed E-state index contributed by atoms with van der Waals surface area (Å²) in [5.41, 5.74) is 1.39. The van der Waals surface area contributed by atoms with E-state index in [1.54, 1.807) is 0 Å². The van der Waals surface area contributed by atoms with Gasteiger partial charge in [-0.1, -0.05) is 67.7 Å². The van der Waals surface area contributed by atoms with Crippen LogP contribution < -0.4 is 0 Å². The third-order valence-electron chi connectivity index (χ3n) is 5.80. The molecule has 0 aromatic rings. The Morgan fingerprint density at radius 2 is 1.33 bits per heavy atom. The summed E-state index contributed by atoms with van der Waals surface area (Å²) in [4.78, 5) is 0. The van der Waals surface area contributed by atoms with Gasteiger partial charge in [0, 0.05) is 0 Å². The molecule has 0 aromatic carbocycles. The summed E-state index contributed by atoms with van der Waals surface area (Å²) >= 11 is 0. The third kappa shape index (κ3) is 3.11. The molecule has 108 valence electrons. The van der Waals surface area contributed by atoms with Crippen molar-refractivity contribution in [3.8, 4) is 0 Å². The fourth-order valence-electron chi connectivity index (χ4n) is 4.58. The van der Waals surface area contributed by atoms with Gasteiger partial charge >= 0.3 is 0 Å². The van der Waals surface area contributed by atoms with Crippen molar-refractivity contribution in [3.63, 3.8) is 0 Å². The quantitative estimate of drug-likeness (QED) is 0.542. The average Bonchev–Trinajstić information content (AvgIpc) is 2.24. The van der Waals surface area contributed by atoms with Crippen LogP contribution >= 0.6 is 0 Å². The molecule has 1 aliphatic carbocycles. The van der Waals surface area contributed by atoms with E-state index >= 15 is 0 Å². The summed E-state index contributed by atoms with van der Waals surface area (Å²) in [5.74, 6) is 1.02. The van der Waals surface area contributed by atoms with Gasteiger partial charge in [-0.15, -0.1) is 0 Å². The third-order valence-corrected chi connectivity index (χ3v) is 5.80. The van der Waals surface area contributed by atoms with Gasteiger partial charge in [-0.05, 0) is 47.8 Å². The molecule has 0 unspecified atom stereocenters. The largest absolute Gasteiger partial charge is 0.0654 e. The highest BCUT2D eigenvalue weighted by Crippen LogP contribution is 2.60. The molecule has 0 atom stereocenters. The maximum atomic E-state index is 2.46. The van der Waals surface area contributed by atoms with E-state index in [0.717, 1.165) is 5.92 Å². The molecule has 18 heavy (non-hydrogen) atoms. The second-order valence-electron chi connectivity index (χ2n) is 8.67. The van der Waals surface area contributed by atoms with Gasteiger partial charge in [0.05, 0.1) is 0 Å². The molecule has 1 saturated carbocycles. The topological polar surface area (TPSA) is 0 Å². The molecule has 0 radical (unpaired) electrons. The van der Waals surface area contributed by atoms with Crippen molar-refractivity contribution in [2.75, 3.05) is 0 Å². The Bertz CT molecular complexity index is 224. The molecule has 0 heterocycles.